The van der Waals surface area contributed by atoms with Crippen molar-refractivity contribution in [1.29, 1.82) is 0 Å². The predicted octanol–water partition coefficient (Wildman–Crippen LogP) is 6.92. The predicted molar refractivity (Wildman–Crippen MR) is 151 cm³/mol. The smallest absolute Gasteiger partial charge is 0.243 e. The Kier molecular flexibility index (Phi) is 11.8. The molecule has 196 valence electrons. The Balaban J connectivity index is 1.84. The van der Waals surface area contributed by atoms with Crippen LogP contribution in [-0.4, -0.2) is 35.1 Å². The van der Waals surface area contributed by atoms with Crippen molar-refractivity contribution in [2.75, 3.05) is 12.3 Å². The molecule has 8 heteroatoms. The van der Waals surface area contributed by atoms with Gasteiger partial charge in [-0.3, -0.25) is 9.59 Å². The largest absolute Gasteiger partial charge is 0.354 e. The number of carbonyl (C=O) groups excluding carboxylic acids is 2. The van der Waals surface area contributed by atoms with Gasteiger partial charge in [0.2, 0.25) is 11.8 Å². The molecule has 3 aromatic carbocycles. The number of amides is 2. The number of nitrogens with zero attached hydrogens (tertiary/aromatic N) is 1. The Hall–Kier alpha value is -2.54. The van der Waals surface area contributed by atoms with Crippen molar-refractivity contribution in [2.24, 2.45) is 0 Å². The number of carbonyl (C=O) groups is 2. The first kappa shape index (κ1) is 29.0. The van der Waals surface area contributed by atoms with Gasteiger partial charge in [-0.1, -0.05) is 91.1 Å². The molecule has 0 aromatic heterocycles. The van der Waals surface area contributed by atoms with Crippen molar-refractivity contribution in [3.05, 3.63) is 105 Å². The molecule has 0 saturated carbocycles. The molecule has 0 spiro atoms. The van der Waals surface area contributed by atoms with Crippen LogP contribution in [0.5, 0.6) is 0 Å². The summed E-state index contributed by atoms with van der Waals surface area (Å²) in [6.07, 6.45) is 2.10. The fraction of sp³-hybridized carbons (Fsp3) is 0.310. The van der Waals surface area contributed by atoms with Crippen molar-refractivity contribution in [3.8, 4) is 0 Å². The van der Waals surface area contributed by atoms with Gasteiger partial charge in [0.15, 0.2) is 0 Å². The van der Waals surface area contributed by atoms with E-state index in [1.54, 1.807) is 30.3 Å². The zero-order valence-electron chi connectivity index (χ0n) is 20.8. The van der Waals surface area contributed by atoms with Gasteiger partial charge in [0.25, 0.3) is 0 Å². The van der Waals surface area contributed by atoms with Crippen LogP contribution in [0.25, 0.3) is 0 Å². The Morgan fingerprint density at radius 3 is 2.43 bits per heavy atom. The highest BCUT2D eigenvalue weighted by Crippen LogP contribution is 2.25. The van der Waals surface area contributed by atoms with Crippen LogP contribution in [0.3, 0.4) is 0 Å². The fourth-order valence-electron chi connectivity index (χ4n) is 3.84. The number of hydrogen-bond donors (Lipinski definition) is 1. The molecule has 1 atom stereocenters. The van der Waals surface area contributed by atoms with Crippen molar-refractivity contribution < 1.29 is 14.0 Å². The van der Waals surface area contributed by atoms with Crippen molar-refractivity contribution in [1.82, 2.24) is 10.2 Å². The summed E-state index contributed by atoms with van der Waals surface area (Å²) in [5, 5.41) is 4.05. The third-order valence-electron chi connectivity index (χ3n) is 5.90. The summed E-state index contributed by atoms with van der Waals surface area (Å²) in [6, 6.07) is 20.4. The lowest BCUT2D eigenvalue weighted by atomic mass is 10.0. The minimum atomic E-state index is -0.786. The molecule has 0 fully saturated rings. The van der Waals surface area contributed by atoms with E-state index < -0.39 is 11.9 Å². The zero-order chi connectivity index (χ0) is 26.6. The first-order valence-corrected chi connectivity index (χ1v) is 14.2. The maximum Gasteiger partial charge on any atom is 0.243 e. The van der Waals surface area contributed by atoms with Gasteiger partial charge in [-0.15, -0.1) is 11.8 Å². The van der Waals surface area contributed by atoms with Crippen LogP contribution in [0, 0.1) is 5.82 Å². The Bertz CT molecular complexity index is 1180. The van der Waals surface area contributed by atoms with Crippen molar-refractivity contribution in [2.45, 2.75) is 44.5 Å². The number of hydrogen-bond acceptors (Lipinski definition) is 3. The summed E-state index contributed by atoms with van der Waals surface area (Å²) >= 11 is 13.7. The molecule has 0 radical (unpaired) electrons. The average Bonchev–Trinajstić information content (AvgIpc) is 2.89. The normalized spacial score (nSPS) is 11.7. The molecule has 0 unspecified atom stereocenters. The lowest BCUT2D eigenvalue weighted by Crippen LogP contribution is -2.51. The molecule has 37 heavy (non-hydrogen) atoms. The van der Waals surface area contributed by atoms with Crippen molar-refractivity contribution >= 4 is 46.8 Å². The lowest BCUT2D eigenvalue weighted by Gasteiger charge is -2.31. The number of nitrogens with one attached hydrogen (secondary N) is 1. The highest BCUT2D eigenvalue weighted by molar-refractivity contribution is 7.99. The molecule has 0 heterocycles. The van der Waals surface area contributed by atoms with Crippen LogP contribution >= 0.6 is 35.0 Å². The maximum atomic E-state index is 14.6. The van der Waals surface area contributed by atoms with Crippen LogP contribution in [0.2, 0.25) is 10.0 Å². The highest BCUT2D eigenvalue weighted by Gasteiger charge is 2.30. The Morgan fingerprint density at radius 1 is 1.00 bits per heavy atom. The lowest BCUT2D eigenvalue weighted by molar-refractivity contribution is -0.139. The third-order valence-corrected chi connectivity index (χ3v) is 7.45. The molecular weight excluding hydrogens is 530 g/mol. The Labute approximate surface area is 232 Å². The molecule has 0 saturated heterocycles. The van der Waals surface area contributed by atoms with Crippen LogP contribution < -0.4 is 5.32 Å². The molecule has 3 rings (SSSR count). The maximum absolute atomic E-state index is 14.6. The minimum Gasteiger partial charge on any atom is -0.354 e. The monoisotopic (exact) mass is 560 g/mol. The summed E-state index contributed by atoms with van der Waals surface area (Å²) < 4.78 is 14.6. The number of halogens is 3. The molecule has 0 aliphatic carbocycles. The van der Waals surface area contributed by atoms with E-state index in [-0.39, 0.29) is 24.1 Å². The second kappa shape index (κ2) is 15.0. The number of rotatable bonds is 13. The van der Waals surface area contributed by atoms with Gasteiger partial charge < -0.3 is 10.2 Å². The van der Waals surface area contributed by atoms with E-state index in [1.807, 2.05) is 43.3 Å². The molecule has 0 bridgehead atoms. The first-order chi connectivity index (χ1) is 17.9. The third kappa shape index (κ3) is 9.06. The second-order valence-electron chi connectivity index (χ2n) is 8.69. The van der Waals surface area contributed by atoms with Gasteiger partial charge in [-0.2, -0.15) is 0 Å². The van der Waals surface area contributed by atoms with Gasteiger partial charge in [0.05, 0.1) is 5.75 Å². The molecule has 2 amide bonds. The number of unbranched alkanes of at least 4 members (excludes halogenated alkanes) is 1. The number of thioether (sulfide) groups is 1. The molecule has 1 N–H and O–H groups in total. The zero-order valence-corrected chi connectivity index (χ0v) is 23.1. The Morgan fingerprint density at radius 2 is 1.73 bits per heavy atom. The molecule has 3 aromatic rings. The van der Waals surface area contributed by atoms with E-state index in [0.29, 0.717) is 34.3 Å². The van der Waals surface area contributed by atoms with Gasteiger partial charge in [-0.25, -0.2) is 4.39 Å². The summed E-state index contributed by atoms with van der Waals surface area (Å²) in [6.45, 7) is 2.56. The first-order valence-electron chi connectivity index (χ1n) is 12.2. The standard InChI is InChI=1S/C29H31Cl2FN2O2S/c1-2-3-15-33-29(36)27(16-21-9-5-4-6-10-21)34(18-22-11-7-8-12-26(22)32)28(35)20-37-19-23-13-14-24(30)17-25(23)31/h4-14,17,27H,2-3,15-16,18-20H2,1H3,(H,33,36)/t27-/m0/s1. The van der Waals surface area contributed by atoms with E-state index in [2.05, 4.69) is 5.32 Å². The minimum absolute atomic E-state index is 0.00747. The summed E-state index contributed by atoms with van der Waals surface area (Å²) in [7, 11) is 0. The second-order valence-corrected chi connectivity index (χ2v) is 10.5. The van der Waals surface area contributed by atoms with Crippen LogP contribution in [0.15, 0.2) is 72.8 Å². The average molecular weight is 562 g/mol. The van der Waals surface area contributed by atoms with E-state index in [0.717, 1.165) is 24.0 Å². The summed E-state index contributed by atoms with van der Waals surface area (Å²) in [4.78, 5) is 28.5. The highest BCUT2D eigenvalue weighted by atomic mass is 35.5. The molecule has 4 nitrogen and oxygen atoms in total. The molecule has 0 aliphatic rings. The number of benzene rings is 3. The van der Waals surface area contributed by atoms with E-state index in [9.17, 15) is 14.0 Å². The van der Waals surface area contributed by atoms with Gasteiger partial charge in [-0.05, 0) is 35.7 Å². The van der Waals surface area contributed by atoms with E-state index in [1.165, 1.54) is 22.7 Å². The van der Waals surface area contributed by atoms with Gasteiger partial charge >= 0.3 is 0 Å². The van der Waals surface area contributed by atoms with E-state index >= 15 is 0 Å². The van der Waals surface area contributed by atoms with Gasteiger partial charge in [0, 0.05) is 40.9 Å². The molecule has 0 aliphatic heterocycles. The fourth-order valence-corrected chi connectivity index (χ4v) is 5.31. The van der Waals surface area contributed by atoms with E-state index in [4.69, 9.17) is 23.2 Å². The van der Waals surface area contributed by atoms with Crippen LogP contribution in [-0.2, 0) is 28.3 Å². The topological polar surface area (TPSA) is 49.4 Å². The summed E-state index contributed by atoms with van der Waals surface area (Å²) in [5.41, 5.74) is 2.15. The molecular formula is C29H31Cl2FN2O2S. The summed E-state index contributed by atoms with van der Waals surface area (Å²) in [5.74, 6) is -0.286. The van der Waals surface area contributed by atoms with Crippen LogP contribution in [0.4, 0.5) is 4.39 Å². The quantitative estimate of drug-likeness (QED) is 0.231. The SMILES string of the molecule is CCCCNC(=O)[C@H](Cc1ccccc1)N(Cc1ccccc1F)C(=O)CSCc1ccc(Cl)cc1Cl. The van der Waals surface area contributed by atoms with Crippen LogP contribution in [0.1, 0.15) is 36.5 Å². The van der Waals surface area contributed by atoms with Gasteiger partial charge in [0.1, 0.15) is 11.9 Å². The van der Waals surface area contributed by atoms with Crippen molar-refractivity contribution in [3.63, 3.8) is 0 Å².